The third kappa shape index (κ3) is 2.67. The van der Waals surface area contributed by atoms with Gasteiger partial charge in [-0.05, 0) is 47.8 Å². The quantitative estimate of drug-likeness (QED) is 0.829. The van der Waals surface area contributed by atoms with Gasteiger partial charge >= 0.3 is 0 Å². The molecule has 0 atom stereocenters. The molecule has 0 radical (unpaired) electrons. The van der Waals surface area contributed by atoms with Gasteiger partial charge in [-0.15, -0.1) is 0 Å². The Morgan fingerprint density at radius 3 is 3.11 bits per heavy atom. The first-order valence-electron chi connectivity index (χ1n) is 6.00. The number of anilines is 2. The van der Waals surface area contributed by atoms with Crippen LogP contribution in [0.2, 0.25) is 5.28 Å². The van der Waals surface area contributed by atoms with Crippen LogP contribution in [0, 0.1) is 5.82 Å². The first kappa shape index (κ1) is 12.3. The summed E-state index contributed by atoms with van der Waals surface area (Å²) in [7, 11) is 0. The highest BCUT2D eigenvalue weighted by atomic mass is 35.5. The van der Waals surface area contributed by atoms with E-state index in [1.807, 2.05) is 12.1 Å². The van der Waals surface area contributed by atoms with E-state index in [9.17, 15) is 4.39 Å². The second-order valence-corrected chi connectivity index (χ2v) is 4.71. The molecule has 3 rings (SSSR count). The summed E-state index contributed by atoms with van der Waals surface area (Å²) in [5, 5.41) is 6.25. The largest absolute Gasteiger partial charge is 0.338 e. The van der Waals surface area contributed by atoms with Crippen LogP contribution in [0.3, 0.4) is 0 Å². The van der Waals surface area contributed by atoms with Gasteiger partial charge in [0.2, 0.25) is 5.28 Å². The van der Waals surface area contributed by atoms with Crippen LogP contribution in [0.25, 0.3) is 0 Å². The van der Waals surface area contributed by atoms with E-state index in [1.54, 1.807) is 0 Å². The molecule has 0 saturated carbocycles. The van der Waals surface area contributed by atoms with Crippen molar-refractivity contribution >= 4 is 23.1 Å². The number of fused-ring (bicyclic) bond motifs is 1. The van der Waals surface area contributed by atoms with E-state index in [1.165, 1.54) is 11.1 Å². The molecule has 0 aliphatic carbocycles. The topological polar surface area (TPSA) is 49.8 Å². The summed E-state index contributed by atoms with van der Waals surface area (Å²) in [6.45, 7) is 1.83. The summed E-state index contributed by atoms with van der Waals surface area (Å²) in [4.78, 5) is 7.41. The Labute approximate surface area is 115 Å². The number of hydrogen-bond donors (Lipinski definition) is 2. The molecule has 2 heterocycles. The van der Waals surface area contributed by atoms with Crippen LogP contribution in [0.15, 0.2) is 24.4 Å². The minimum Gasteiger partial charge on any atom is -0.338 e. The van der Waals surface area contributed by atoms with Gasteiger partial charge in [0.1, 0.15) is 0 Å². The smallest absolute Gasteiger partial charge is 0.224 e. The fourth-order valence-corrected chi connectivity index (χ4v) is 2.26. The average molecular weight is 279 g/mol. The Kier molecular flexibility index (Phi) is 3.31. The van der Waals surface area contributed by atoms with Crippen molar-refractivity contribution in [1.29, 1.82) is 0 Å². The standard InChI is InChI=1S/C13H12ClFN4/c14-13-17-7-11(15)12(19-13)18-10-2-1-8-3-4-16-6-9(8)5-10/h1-2,5,7,16H,3-4,6H2,(H,17,18,19). The lowest BCUT2D eigenvalue weighted by atomic mass is 10.0. The highest BCUT2D eigenvalue weighted by Crippen LogP contribution is 2.23. The van der Waals surface area contributed by atoms with Crippen molar-refractivity contribution in [1.82, 2.24) is 15.3 Å². The Hall–Kier alpha value is -1.72. The molecule has 2 aromatic rings. The predicted molar refractivity (Wildman–Crippen MR) is 72.1 cm³/mol. The molecule has 2 N–H and O–H groups in total. The summed E-state index contributed by atoms with van der Waals surface area (Å²) in [5.74, 6) is -0.441. The first-order valence-corrected chi connectivity index (χ1v) is 6.38. The lowest BCUT2D eigenvalue weighted by molar-refractivity contribution is 0.618. The number of benzene rings is 1. The third-order valence-electron chi connectivity index (χ3n) is 3.07. The zero-order valence-corrected chi connectivity index (χ0v) is 10.8. The Morgan fingerprint density at radius 1 is 1.32 bits per heavy atom. The van der Waals surface area contributed by atoms with E-state index in [4.69, 9.17) is 11.6 Å². The molecule has 0 amide bonds. The van der Waals surface area contributed by atoms with Gasteiger partial charge in [0.05, 0.1) is 6.20 Å². The number of nitrogens with zero attached hydrogens (tertiary/aromatic N) is 2. The highest BCUT2D eigenvalue weighted by molar-refractivity contribution is 6.28. The van der Waals surface area contributed by atoms with Gasteiger partial charge in [-0.3, -0.25) is 0 Å². The van der Waals surface area contributed by atoms with Crippen LogP contribution in [-0.4, -0.2) is 16.5 Å². The van der Waals surface area contributed by atoms with Crippen molar-refractivity contribution in [2.75, 3.05) is 11.9 Å². The summed E-state index contributed by atoms with van der Waals surface area (Å²) >= 11 is 5.66. The van der Waals surface area contributed by atoms with E-state index in [-0.39, 0.29) is 11.1 Å². The Balaban J connectivity index is 1.89. The fourth-order valence-electron chi connectivity index (χ4n) is 2.13. The summed E-state index contributed by atoms with van der Waals surface area (Å²) in [6.07, 6.45) is 2.07. The summed E-state index contributed by atoms with van der Waals surface area (Å²) in [5.41, 5.74) is 3.33. The van der Waals surface area contributed by atoms with Gasteiger partial charge in [-0.25, -0.2) is 9.37 Å². The lowest BCUT2D eigenvalue weighted by Gasteiger charge is -2.18. The lowest BCUT2D eigenvalue weighted by Crippen LogP contribution is -2.23. The zero-order chi connectivity index (χ0) is 13.2. The van der Waals surface area contributed by atoms with Gasteiger partial charge in [-0.2, -0.15) is 4.98 Å². The van der Waals surface area contributed by atoms with Gasteiger partial charge in [0.25, 0.3) is 0 Å². The van der Waals surface area contributed by atoms with E-state index in [2.05, 4.69) is 26.7 Å². The number of aromatic nitrogens is 2. The van der Waals surface area contributed by atoms with Crippen molar-refractivity contribution in [3.05, 3.63) is 46.6 Å². The molecule has 0 unspecified atom stereocenters. The van der Waals surface area contributed by atoms with Crippen LogP contribution in [0.1, 0.15) is 11.1 Å². The molecule has 1 aliphatic heterocycles. The molecule has 1 aliphatic rings. The summed E-state index contributed by atoms with van der Waals surface area (Å²) < 4.78 is 13.5. The van der Waals surface area contributed by atoms with Crippen LogP contribution < -0.4 is 10.6 Å². The molecule has 0 bridgehead atoms. The number of hydrogen-bond acceptors (Lipinski definition) is 4. The molecule has 19 heavy (non-hydrogen) atoms. The minimum absolute atomic E-state index is 0.0172. The number of halogens is 2. The second kappa shape index (κ2) is 5.11. The van der Waals surface area contributed by atoms with Gasteiger partial charge in [0.15, 0.2) is 11.6 Å². The van der Waals surface area contributed by atoms with E-state index >= 15 is 0 Å². The molecule has 4 nitrogen and oxygen atoms in total. The molecule has 1 aromatic carbocycles. The van der Waals surface area contributed by atoms with Crippen molar-refractivity contribution in [2.24, 2.45) is 0 Å². The molecule has 0 saturated heterocycles. The number of nitrogens with one attached hydrogen (secondary N) is 2. The van der Waals surface area contributed by atoms with Gasteiger partial charge in [-0.1, -0.05) is 6.07 Å². The monoisotopic (exact) mass is 278 g/mol. The molecule has 0 spiro atoms. The SMILES string of the molecule is Fc1cnc(Cl)nc1Nc1ccc2c(c1)CNCC2. The van der Waals surface area contributed by atoms with Crippen molar-refractivity contribution in [3.8, 4) is 0 Å². The first-order chi connectivity index (χ1) is 9.22. The van der Waals surface area contributed by atoms with Crippen molar-refractivity contribution < 1.29 is 4.39 Å². The van der Waals surface area contributed by atoms with E-state index < -0.39 is 5.82 Å². The van der Waals surface area contributed by atoms with Crippen LogP contribution in [-0.2, 0) is 13.0 Å². The van der Waals surface area contributed by atoms with Crippen LogP contribution >= 0.6 is 11.6 Å². The van der Waals surface area contributed by atoms with E-state index in [0.717, 1.165) is 31.4 Å². The maximum absolute atomic E-state index is 13.5. The second-order valence-electron chi connectivity index (χ2n) is 4.37. The van der Waals surface area contributed by atoms with Crippen LogP contribution in [0.5, 0.6) is 0 Å². The number of rotatable bonds is 2. The minimum atomic E-state index is -0.528. The molecular weight excluding hydrogens is 267 g/mol. The highest BCUT2D eigenvalue weighted by Gasteiger charge is 2.11. The van der Waals surface area contributed by atoms with Gasteiger partial charge in [0, 0.05) is 12.2 Å². The van der Waals surface area contributed by atoms with Crippen molar-refractivity contribution in [3.63, 3.8) is 0 Å². The van der Waals surface area contributed by atoms with Gasteiger partial charge < -0.3 is 10.6 Å². The van der Waals surface area contributed by atoms with Crippen molar-refractivity contribution in [2.45, 2.75) is 13.0 Å². The molecule has 0 fully saturated rings. The normalized spacial score (nSPS) is 14.0. The fraction of sp³-hybridized carbons (Fsp3) is 0.231. The molecule has 1 aromatic heterocycles. The third-order valence-corrected chi connectivity index (χ3v) is 3.25. The molecular formula is C13H12ClFN4. The maximum atomic E-state index is 13.5. The maximum Gasteiger partial charge on any atom is 0.224 e. The van der Waals surface area contributed by atoms with Crippen LogP contribution in [0.4, 0.5) is 15.9 Å². The average Bonchev–Trinajstić information content (AvgIpc) is 2.43. The van der Waals surface area contributed by atoms with E-state index in [0.29, 0.717) is 0 Å². The Bertz CT molecular complexity index is 618. The zero-order valence-electron chi connectivity index (χ0n) is 10.1. The Morgan fingerprint density at radius 2 is 2.21 bits per heavy atom. The molecule has 6 heteroatoms. The molecule has 98 valence electrons. The summed E-state index contributed by atoms with van der Waals surface area (Å²) in [6, 6.07) is 5.97. The predicted octanol–water partition coefficient (Wildman–Crippen LogP) is 2.66.